The molecule has 0 aliphatic carbocycles. The van der Waals surface area contributed by atoms with Gasteiger partial charge >= 0.3 is 0 Å². The van der Waals surface area contributed by atoms with Crippen LogP contribution in [0.25, 0.3) is 6.20 Å². The number of allylic oxidation sites excluding steroid dienone is 1. The van der Waals surface area contributed by atoms with Crippen LogP contribution in [0.15, 0.2) is 24.5 Å². The summed E-state index contributed by atoms with van der Waals surface area (Å²) in [6.45, 7) is 1.50. The molecule has 3 nitrogen and oxygen atoms in total. The number of aromatic nitrogens is 2. The smallest absolute Gasteiger partial charge is 0.154 e. The SMILES string of the molecule is CC(=O)/C=C/n1cccn1. The average molecular weight is 136 g/mol. The molecule has 0 spiro atoms. The fraction of sp³-hybridized carbons (Fsp3) is 0.143. The molecular weight excluding hydrogens is 128 g/mol. The third kappa shape index (κ3) is 1.85. The zero-order chi connectivity index (χ0) is 7.40. The molecule has 0 aromatic carbocycles. The molecule has 0 aliphatic heterocycles. The maximum Gasteiger partial charge on any atom is 0.154 e. The van der Waals surface area contributed by atoms with Crippen molar-refractivity contribution in [3.05, 3.63) is 24.5 Å². The molecule has 0 saturated heterocycles. The van der Waals surface area contributed by atoms with E-state index in [9.17, 15) is 4.79 Å². The molecule has 0 saturated carbocycles. The van der Waals surface area contributed by atoms with Gasteiger partial charge in [-0.2, -0.15) is 5.10 Å². The molecule has 0 bridgehead atoms. The maximum atomic E-state index is 10.4. The molecule has 3 heteroatoms. The Morgan fingerprint density at radius 1 is 1.70 bits per heavy atom. The van der Waals surface area contributed by atoms with Gasteiger partial charge in [-0.1, -0.05) is 0 Å². The largest absolute Gasteiger partial charge is 0.295 e. The number of carbonyl (C=O) groups excluding carboxylic acids is 1. The lowest BCUT2D eigenvalue weighted by Crippen LogP contribution is -1.87. The fourth-order valence-corrected chi connectivity index (χ4v) is 0.550. The molecular formula is C7H8N2O. The van der Waals surface area contributed by atoms with Crippen molar-refractivity contribution in [3.8, 4) is 0 Å². The molecule has 0 fully saturated rings. The Balaban J connectivity index is 2.64. The van der Waals surface area contributed by atoms with E-state index < -0.39 is 0 Å². The highest BCUT2D eigenvalue weighted by molar-refractivity contribution is 5.89. The van der Waals surface area contributed by atoms with Crippen molar-refractivity contribution in [2.45, 2.75) is 6.92 Å². The fourth-order valence-electron chi connectivity index (χ4n) is 0.550. The molecule has 0 atom stereocenters. The van der Waals surface area contributed by atoms with Crippen LogP contribution in [0.1, 0.15) is 6.92 Å². The number of hydrogen-bond donors (Lipinski definition) is 0. The molecule has 0 aliphatic rings. The van der Waals surface area contributed by atoms with Crippen molar-refractivity contribution in [1.82, 2.24) is 9.78 Å². The van der Waals surface area contributed by atoms with E-state index >= 15 is 0 Å². The minimum absolute atomic E-state index is 0.0236. The first kappa shape index (κ1) is 6.74. The van der Waals surface area contributed by atoms with Crippen LogP contribution in [0, 0.1) is 0 Å². The topological polar surface area (TPSA) is 34.9 Å². The van der Waals surface area contributed by atoms with Gasteiger partial charge in [0, 0.05) is 18.6 Å². The molecule has 1 aromatic heterocycles. The first-order chi connectivity index (χ1) is 4.79. The molecule has 0 N–H and O–H groups in total. The van der Waals surface area contributed by atoms with E-state index in [0.29, 0.717) is 0 Å². The highest BCUT2D eigenvalue weighted by atomic mass is 16.1. The molecule has 52 valence electrons. The van der Waals surface area contributed by atoms with E-state index in [1.54, 1.807) is 29.3 Å². The Hall–Kier alpha value is -1.38. The highest BCUT2D eigenvalue weighted by Crippen LogP contribution is 1.85. The van der Waals surface area contributed by atoms with Crippen molar-refractivity contribution in [2.75, 3.05) is 0 Å². The number of hydrogen-bond acceptors (Lipinski definition) is 2. The van der Waals surface area contributed by atoms with E-state index in [1.807, 2.05) is 0 Å². The maximum absolute atomic E-state index is 10.4. The van der Waals surface area contributed by atoms with Crippen LogP contribution in [-0.2, 0) is 4.79 Å². The van der Waals surface area contributed by atoms with E-state index in [-0.39, 0.29) is 5.78 Å². The second kappa shape index (κ2) is 2.96. The summed E-state index contributed by atoms with van der Waals surface area (Å²) < 4.78 is 1.57. The van der Waals surface area contributed by atoms with E-state index in [2.05, 4.69) is 5.10 Å². The lowest BCUT2D eigenvalue weighted by molar-refractivity contribution is -0.112. The summed E-state index contributed by atoms with van der Waals surface area (Å²) in [4.78, 5) is 10.4. The summed E-state index contributed by atoms with van der Waals surface area (Å²) in [5.74, 6) is 0.0236. The molecule has 0 radical (unpaired) electrons. The molecule has 0 unspecified atom stereocenters. The Kier molecular flexibility index (Phi) is 1.99. The molecule has 10 heavy (non-hydrogen) atoms. The Bertz CT molecular complexity index is 236. The molecule has 1 aromatic rings. The molecule has 1 rings (SSSR count). The van der Waals surface area contributed by atoms with E-state index in [4.69, 9.17) is 0 Å². The quantitative estimate of drug-likeness (QED) is 0.567. The van der Waals surface area contributed by atoms with Gasteiger partial charge in [-0.05, 0) is 19.1 Å². The lowest BCUT2D eigenvalue weighted by atomic mass is 10.4. The van der Waals surface area contributed by atoms with Crippen molar-refractivity contribution < 1.29 is 4.79 Å². The van der Waals surface area contributed by atoms with Gasteiger partial charge in [-0.15, -0.1) is 0 Å². The van der Waals surface area contributed by atoms with Crippen LogP contribution in [0.3, 0.4) is 0 Å². The zero-order valence-electron chi connectivity index (χ0n) is 5.69. The zero-order valence-corrected chi connectivity index (χ0v) is 5.69. The van der Waals surface area contributed by atoms with Gasteiger partial charge in [-0.25, -0.2) is 4.68 Å². The number of rotatable bonds is 2. The van der Waals surface area contributed by atoms with Crippen molar-refractivity contribution in [2.24, 2.45) is 0 Å². The van der Waals surface area contributed by atoms with Gasteiger partial charge in [0.2, 0.25) is 0 Å². The summed E-state index contributed by atoms with van der Waals surface area (Å²) in [5.41, 5.74) is 0. The molecule has 0 amide bonds. The summed E-state index contributed by atoms with van der Waals surface area (Å²) in [5, 5.41) is 3.87. The molecule has 1 heterocycles. The standard InChI is InChI=1S/C7H8N2O/c1-7(10)3-6-9-5-2-4-8-9/h2-6H,1H3/b6-3+. The van der Waals surface area contributed by atoms with Crippen LogP contribution in [-0.4, -0.2) is 15.6 Å². The van der Waals surface area contributed by atoms with Crippen LogP contribution in [0.2, 0.25) is 0 Å². The first-order valence-corrected chi connectivity index (χ1v) is 2.97. The van der Waals surface area contributed by atoms with E-state index in [1.165, 1.54) is 13.0 Å². The Labute approximate surface area is 59.0 Å². The monoisotopic (exact) mass is 136 g/mol. The van der Waals surface area contributed by atoms with Gasteiger partial charge < -0.3 is 0 Å². The predicted molar refractivity (Wildman–Crippen MR) is 38.2 cm³/mol. The van der Waals surface area contributed by atoms with Gasteiger partial charge in [0.25, 0.3) is 0 Å². The first-order valence-electron chi connectivity index (χ1n) is 2.97. The van der Waals surface area contributed by atoms with Crippen molar-refractivity contribution in [1.29, 1.82) is 0 Å². The average Bonchev–Trinajstić information content (AvgIpc) is 2.34. The third-order valence-corrected chi connectivity index (χ3v) is 0.987. The number of nitrogens with zero attached hydrogens (tertiary/aromatic N) is 2. The second-order valence-corrected chi connectivity index (χ2v) is 1.91. The number of ketones is 1. The predicted octanol–water partition coefficient (Wildman–Crippen LogP) is 0.943. The van der Waals surface area contributed by atoms with E-state index in [0.717, 1.165) is 0 Å². The van der Waals surface area contributed by atoms with Gasteiger partial charge in [0.05, 0.1) is 0 Å². The Morgan fingerprint density at radius 2 is 2.50 bits per heavy atom. The summed E-state index contributed by atoms with van der Waals surface area (Å²) in [6, 6.07) is 1.80. The van der Waals surface area contributed by atoms with Crippen molar-refractivity contribution >= 4 is 12.0 Å². The van der Waals surface area contributed by atoms with Crippen LogP contribution >= 0.6 is 0 Å². The van der Waals surface area contributed by atoms with Gasteiger partial charge in [-0.3, -0.25) is 4.79 Å². The Morgan fingerprint density at radius 3 is 3.00 bits per heavy atom. The summed E-state index contributed by atoms with van der Waals surface area (Å²) >= 11 is 0. The second-order valence-electron chi connectivity index (χ2n) is 1.91. The summed E-state index contributed by atoms with van der Waals surface area (Å²) in [6.07, 6.45) is 6.50. The number of carbonyl (C=O) groups is 1. The van der Waals surface area contributed by atoms with Gasteiger partial charge in [0.15, 0.2) is 5.78 Å². The lowest BCUT2D eigenvalue weighted by Gasteiger charge is -1.85. The van der Waals surface area contributed by atoms with Crippen LogP contribution in [0.4, 0.5) is 0 Å². The normalized spacial score (nSPS) is 10.5. The summed E-state index contributed by atoms with van der Waals surface area (Å²) in [7, 11) is 0. The van der Waals surface area contributed by atoms with Crippen LogP contribution < -0.4 is 0 Å². The van der Waals surface area contributed by atoms with Crippen molar-refractivity contribution in [3.63, 3.8) is 0 Å². The minimum atomic E-state index is 0.0236. The minimum Gasteiger partial charge on any atom is -0.295 e. The van der Waals surface area contributed by atoms with Gasteiger partial charge in [0.1, 0.15) is 0 Å². The van der Waals surface area contributed by atoms with Crippen LogP contribution in [0.5, 0.6) is 0 Å². The third-order valence-electron chi connectivity index (χ3n) is 0.987. The highest BCUT2D eigenvalue weighted by Gasteiger charge is 1.82.